The van der Waals surface area contributed by atoms with Gasteiger partial charge in [-0.1, -0.05) is 23.2 Å². The molecule has 0 spiro atoms. The van der Waals surface area contributed by atoms with E-state index in [0.29, 0.717) is 21.8 Å². The molecule has 218 valence electrons. The van der Waals surface area contributed by atoms with Crippen LogP contribution >= 0.6 is 23.2 Å². The van der Waals surface area contributed by atoms with Crippen LogP contribution in [-0.2, 0) is 17.5 Å². The van der Waals surface area contributed by atoms with E-state index < -0.39 is 71.8 Å². The minimum absolute atomic E-state index is 0.0815. The summed E-state index contributed by atoms with van der Waals surface area (Å²) in [6.07, 6.45) is -2.73. The van der Waals surface area contributed by atoms with Gasteiger partial charge >= 0.3 is 12.1 Å². The number of amides is 1. The molecule has 0 saturated heterocycles. The number of hydrogen-bond donors (Lipinski definition) is 1. The number of Topliss-reactive ketones (excluding diaryl/α,β-unsaturated/α-hetero) is 1. The van der Waals surface area contributed by atoms with Gasteiger partial charge in [0.15, 0.2) is 11.5 Å². The van der Waals surface area contributed by atoms with Gasteiger partial charge in [-0.2, -0.15) is 18.3 Å². The Balaban J connectivity index is 1.73. The maximum atomic E-state index is 14.4. The highest BCUT2D eigenvalue weighted by molar-refractivity contribution is 6.39. The minimum Gasteiger partial charge on any atom is -0.481 e. The Morgan fingerprint density at radius 1 is 1.05 bits per heavy atom. The first-order valence-electron chi connectivity index (χ1n) is 12.2. The summed E-state index contributed by atoms with van der Waals surface area (Å²) in [4.78, 5) is 42.5. The van der Waals surface area contributed by atoms with Gasteiger partial charge in [0.2, 0.25) is 0 Å². The van der Waals surface area contributed by atoms with Crippen molar-refractivity contribution in [3.63, 3.8) is 0 Å². The first-order chi connectivity index (χ1) is 19.3. The number of rotatable bonds is 8. The van der Waals surface area contributed by atoms with Gasteiger partial charge in [-0.25, -0.2) is 13.8 Å². The van der Waals surface area contributed by atoms with Crippen molar-refractivity contribution in [3.05, 3.63) is 80.9 Å². The number of carbonyl (C=O) groups excluding carboxylic acids is 2. The lowest BCUT2D eigenvalue weighted by molar-refractivity contribution is -0.147. The zero-order valence-corrected chi connectivity index (χ0v) is 22.5. The van der Waals surface area contributed by atoms with E-state index in [9.17, 15) is 41.4 Å². The molecule has 41 heavy (non-hydrogen) atoms. The first-order valence-corrected chi connectivity index (χ1v) is 13.0. The molecular weight excluding hydrogens is 598 g/mol. The van der Waals surface area contributed by atoms with Gasteiger partial charge in [0.25, 0.3) is 5.91 Å². The first kappa shape index (κ1) is 30.4. The van der Waals surface area contributed by atoms with Gasteiger partial charge in [0.05, 0.1) is 40.9 Å². The molecule has 2 heterocycles. The van der Waals surface area contributed by atoms with E-state index in [0.717, 1.165) is 12.1 Å². The largest absolute Gasteiger partial charge is 0.481 e. The van der Waals surface area contributed by atoms with Crippen molar-refractivity contribution in [3.8, 4) is 0 Å². The molecule has 0 atom stereocenters. The average Bonchev–Trinajstić information content (AvgIpc) is 3.33. The van der Waals surface area contributed by atoms with Crippen LogP contribution in [0.25, 0.3) is 0 Å². The predicted molar refractivity (Wildman–Crippen MR) is 136 cm³/mol. The summed E-state index contributed by atoms with van der Waals surface area (Å²) in [7, 11) is 0. The molecule has 1 N–H and O–H groups in total. The molecule has 1 fully saturated rings. The molecule has 1 saturated carbocycles. The van der Waals surface area contributed by atoms with Crippen LogP contribution in [0.5, 0.6) is 0 Å². The molecule has 0 aliphatic heterocycles. The second-order valence-corrected chi connectivity index (χ2v) is 10.3. The van der Waals surface area contributed by atoms with Crippen molar-refractivity contribution in [2.24, 2.45) is 5.92 Å². The maximum absolute atomic E-state index is 14.4. The third-order valence-corrected chi connectivity index (χ3v) is 7.34. The van der Waals surface area contributed by atoms with E-state index in [1.54, 1.807) is 0 Å². The van der Waals surface area contributed by atoms with E-state index in [1.165, 1.54) is 12.3 Å². The number of benzene rings is 1. The van der Waals surface area contributed by atoms with Gasteiger partial charge in [-0.15, -0.1) is 0 Å². The summed E-state index contributed by atoms with van der Waals surface area (Å²) in [6.45, 7) is -1.52. The Morgan fingerprint density at radius 3 is 2.24 bits per heavy atom. The Bertz CT molecular complexity index is 1450. The topological polar surface area (TPSA) is 105 Å². The molecule has 0 radical (unpaired) electrons. The van der Waals surface area contributed by atoms with Crippen LogP contribution in [0.2, 0.25) is 10.2 Å². The lowest BCUT2D eigenvalue weighted by atomic mass is 9.86. The van der Waals surface area contributed by atoms with Crippen LogP contribution in [-0.4, -0.2) is 49.0 Å². The van der Waals surface area contributed by atoms with Crippen LogP contribution in [0.15, 0.2) is 36.7 Å². The summed E-state index contributed by atoms with van der Waals surface area (Å²) in [6, 6.07) is 2.73. The molecule has 1 aromatic carbocycles. The smallest absolute Gasteiger partial charge is 0.433 e. The number of hydrogen-bond acceptors (Lipinski definition) is 5. The molecule has 0 bridgehead atoms. The SMILES string of the molecule is O=C(CN(Cc1cc(F)cc(F)c1)C(=O)c1cnn(C2CCC(C(=O)O)CC2)c1C(F)(F)F)c1c(Cl)ccnc1Cl. The van der Waals surface area contributed by atoms with E-state index in [1.807, 2.05) is 0 Å². The van der Waals surface area contributed by atoms with Crippen molar-refractivity contribution in [2.75, 3.05) is 6.54 Å². The number of ketones is 1. The molecule has 0 unspecified atom stereocenters. The third-order valence-electron chi connectivity index (χ3n) is 6.74. The van der Waals surface area contributed by atoms with Crippen molar-refractivity contribution >= 4 is 40.9 Å². The molecule has 15 heteroatoms. The number of carboxylic acid groups (broad SMARTS) is 1. The summed E-state index contributed by atoms with van der Waals surface area (Å²) < 4.78 is 71.5. The van der Waals surface area contributed by atoms with Gasteiger partial charge in [0.1, 0.15) is 16.8 Å². The Morgan fingerprint density at radius 2 is 1.68 bits per heavy atom. The van der Waals surface area contributed by atoms with Gasteiger partial charge in [-0.05, 0) is 49.4 Å². The van der Waals surface area contributed by atoms with Crippen molar-refractivity contribution in [2.45, 2.75) is 44.4 Å². The van der Waals surface area contributed by atoms with Crippen LogP contribution in [0.1, 0.15) is 63.7 Å². The molecule has 3 aromatic rings. The van der Waals surface area contributed by atoms with Crippen LogP contribution in [0.3, 0.4) is 0 Å². The number of carbonyl (C=O) groups is 3. The number of aliphatic carboxylic acids is 1. The highest BCUT2D eigenvalue weighted by Crippen LogP contribution is 2.39. The second-order valence-electron chi connectivity index (χ2n) is 9.51. The normalized spacial score (nSPS) is 17.3. The van der Waals surface area contributed by atoms with E-state index >= 15 is 0 Å². The Hall–Kier alpha value is -3.58. The van der Waals surface area contributed by atoms with Gasteiger partial charge < -0.3 is 10.0 Å². The fourth-order valence-corrected chi connectivity index (χ4v) is 5.42. The predicted octanol–water partition coefficient (Wildman–Crippen LogP) is 6.22. The van der Waals surface area contributed by atoms with Gasteiger partial charge in [0, 0.05) is 18.8 Å². The number of carboxylic acids is 1. The fourth-order valence-electron chi connectivity index (χ4n) is 4.85. The van der Waals surface area contributed by atoms with Crippen LogP contribution < -0.4 is 0 Å². The molecule has 8 nitrogen and oxygen atoms in total. The monoisotopic (exact) mass is 618 g/mol. The third kappa shape index (κ3) is 6.84. The lowest BCUT2D eigenvalue weighted by Crippen LogP contribution is -2.37. The number of alkyl halides is 3. The zero-order chi connectivity index (χ0) is 30.1. The lowest BCUT2D eigenvalue weighted by Gasteiger charge is -2.28. The number of aromatic nitrogens is 3. The van der Waals surface area contributed by atoms with Gasteiger partial charge in [-0.3, -0.25) is 19.1 Å². The standard InChI is InChI=1S/C26H21Cl2F5N4O4/c27-19-5-6-34-23(28)21(19)20(38)12-36(11-13-7-15(29)9-16(30)8-13)24(39)18-10-35-37(22(18)26(31,32)33)17-3-1-14(2-4-17)25(40)41/h5-10,14,17H,1-4,11-12H2,(H,40,41). The highest BCUT2D eigenvalue weighted by atomic mass is 35.5. The van der Waals surface area contributed by atoms with Crippen LogP contribution in [0, 0.1) is 17.6 Å². The fraction of sp³-hybridized carbons (Fsp3) is 0.346. The average molecular weight is 619 g/mol. The van der Waals surface area contributed by atoms with Crippen molar-refractivity contribution in [1.29, 1.82) is 0 Å². The maximum Gasteiger partial charge on any atom is 0.433 e. The van der Waals surface area contributed by atoms with Crippen LogP contribution in [0.4, 0.5) is 22.0 Å². The molecule has 1 aliphatic rings. The summed E-state index contributed by atoms with van der Waals surface area (Å²) in [5.41, 5.74) is -2.71. The number of nitrogens with zero attached hydrogens (tertiary/aromatic N) is 4. The van der Waals surface area contributed by atoms with Crippen molar-refractivity contribution in [1.82, 2.24) is 19.7 Å². The summed E-state index contributed by atoms with van der Waals surface area (Å²) in [5.74, 6) is -5.92. The quantitative estimate of drug-likeness (QED) is 0.182. The second kappa shape index (κ2) is 12.1. The molecule has 2 aromatic heterocycles. The van der Waals surface area contributed by atoms with Crippen molar-refractivity contribution < 1.29 is 41.4 Å². The highest BCUT2D eigenvalue weighted by Gasteiger charge is 2.43. The molecule has 4 rings (SSSR count). The number of halogens is 7. The summed E-state index contributed by atoms with van der Waals surface area (Å²) >= 11 is 12.1. The van der Waals surface area contributed by atoms with E-state index in [2.05, 4.69) is 10.1 Å². The Labute approximate surface area is 239 Å². The minimum atomic E-state index is -5.07. The number of pyridine rings is 1. The molecule has 1 aliphatic carbocycles. The molecule has 1 amide bonds. The van der Waals surface area contributed by atoms with E-state index in [4.69, 9.17) is 23.2 Å². The Kier molecular flexibility index (Phi) is 8.97. The molecular formula is C26H21Cl2F5N4O4. The summed E-state index contributed by atoms with van der Waals surface area (Å²) in [5, 5.41) is 12.6. The zero-order valence-electron chi connectivity index (χ0n) is 21.0. The van der Waals surface area contributed by atoms with E-state index in [-0.39, 0.29) is 47.0 Å².